The molecule has 11 unspecified atom stereocenters. The second-order valence-electron chi connectivity index (χ2n) is 15.0. The maximum absolute atomic E-state index is 12.9. The fraction of sp³-hybridized carbons (Fsp3) is 0.788. The molecule has 2 heterocycles. The third-order valence-corrected chi connectivity index (χ3v) is 12.9. The Morgan fingerprint density at radius 3 is 2.41 bits per heavy atom. The van der Waals surface area contributed by atoms with Gasteiger partial charge in [0.1, 0.15) is 6.10 Å². The average Bonchev–Trinajstić information content (AvgIpc) is 3.38. The molecule has 1 spiro atoms. The number of ether oxygens (including phenoxy) is 3. The summed E-state index contributed by atoms with van der Waals surface area (Å²) >= 11 is 0. The molecule has 0 radical (unpaired) electrons. The molecule has 39 heavy (non-hydrogen) atoms. The zero-order valence-corrected chi connectivity index (χ0v) is 24.1. The number of anilines is 2. The molecule has 4 N–H and O–H groups in total. The largest absolute Gasteiger partial charge is 0.459 e. The number of carbonyl (C=O) groups excluding carboxylic acids is 1. The summed E-state index contributed by atoms with van der Waals surface area (Å²) in [4.78, 5) is 12.9. The van der Waals surface area contributed by atoms with E-state index in [2.05, 4.69) is 20.8 Å². The van der Waals surface area contributed by atoms with E-state index in [9.17, 15) is 4.79 Å². The second-order valence-corrected chi connectivity index (χ2v) is 15.0. The molecule has 2 aliphatic heterocycles. The summed E-state index contributed by atoms with van der Waals surface area (Å²) in [5.41, 5.74) is 14.0. The van der Waals surface area contributed by atoms with Gasteiger partial charge in [0.15, 0.2) is 5.79 Å². The van der Waals surface area contributed by atoms with Gasteiger partial charge in [0.25, 0.3) is 0 Å². The molecule has 4 aliphatic carbocycles. The van der Waals surface area contributed by atoms with Crippen molar-refractivity contribution in [3.05, 3.63) is 23.8 Å². The summed E-state index contributed by atoms with van der Waals surface area (Å²) in [6.07, 6.45) is 13.3. The number of rotatable bonds is 2. The topological polar surface area (TPSA) is 96.8 Å². The van der Waals surface area contributed by atoms with E-state index in [-0.39, 0.29) is 17.9 Å². The van der Waals surface area contributed by atoms with Crippen molar-refractivity contribution in [2.24, 2.45) is 46.3 Å². The molecule has 6 nitrogen and oxygen atoms in total. The number of hydrogen-bond donors (Lipinski definition) is 2. The van der Waals surface area contributed by atoms with Gasteiger partial charge in [-0.05, 0) is 122 Å². The summed E-state index contributed by atoms with van der Waals surface area (Å²) in [5, 5.41) is 0. The first kappa shape index (κ1) is 26.1. The SMILES string of the molecule is CC1CCC2(CC3C(CC4C5CCC6CC(OC(=O)c7cc(N)cc(N)c7)CCC6(C)C5CCC34C)O2)OC1. The van der Waals surface area contributed by atoms with E-state index in [0.717, 1.165) is 56.5 Å². The van der Waals surface area contributed by atoms with E-state index >= 15 is 0 Å². The highest BCUT2D eigenvalue weighted by atomic mass is 16.7. The van der Waals surface area contributed by atoms with Crippen LogP contribution in [0.1, 0.15) is 102 Å². The number of hydrogen-bond acceptors (Lipinski definition) is 6. The second kappa shape index (κ2) is 9.11. The minimum atomic E-state index is -0.295. The molecule has 11 atom stereocenters. The third-order valence-electron chi connectivity index (χ3n) is 12.9. The highest BCUT2D eigenvalue weighted by Crippen LogP contribution is 2.70. The normalized spacial score (nSPS) is 48.6. The highest BCUT2D eigenvalue weighted by Gasteiger charge is 2.66. The lowest BCUT2D eigenvalue weighted by Gasteiger charge is -2.61. The Morgan fingerprint density at radius 1 is 0.897 bits per heavy atom. The van der Waals surface area contributed by atoms with Gasteiger partial charge in [0.05, 0.1) is 18.3 Å². The van der Waals surface area contributed by atoms with Crippen molar-refractivity contribution in [3.8, 4) is 0 Å². The first-order chi connectivity index (χ1) is 18.6. The van der Waals surface area contributed by atoms with Crippen LogP contribution >= 0.6 is 0 Å². The Labute approximate surface area is 233 Å². The Morgan fingerprint density at radius 2 is 1.67 bits per heavy atom. The van der Waals surface area contributed by atoms with Crippen molar-refractivity contribution in [2.75, 3.05) is 18.1 Å². The molecular weight excluding hydrogens is 488 g/mol. The smallest absolute Gasteiger partial charge is 0.338 e. The lowest BCUT2D eigenvalue weighted by Crippen LogP contribution is -2.54. The predicted molar refractivity (Wildman–Crippen MR) is 152 cm³/mol. The van der Waals surface area contributed by atoms with Crippen LogP contribution < -0.4 is 11.5 Å². The van der Waals surface area contributed by atoms with Gasteiger partial charge in [-0.2, -0.15) is 0 Å². The standard InChI is InChI=1S/C33H48N2O4/c1-19-6-11-33(37-18-19)17-28-29(39-33)16-27-25-5-4-21-14-24(38-30(36)20-12-22(34)15-23(35)13-20)7-9-31(21,2)26(25)8-10-32(27,28)3/h12-13,15,19,21,24-29H,4-11,14,16-18,34-35H2,1-3H3. The number of carbonyl (C=O) groups is 1. The van der Waals surface area contributed by atoms with Crippen LogP contribution in [0.3, 0.4) is 0 Å². The van der Waals surface area contributed by atoms with Gasteiger partial charge in [-0.25, -0.2) is 4.79 Å². The first-order valence-corrected chi connectivity index (χ1v) is 15.8. The molecular formula is C33H48N2O4. The predicted octanol–water partition coefficient (Wildman–Crippen LogP) is 6.58. The quantitative estimate of drug-likeness (QED) is 0.327. The van der Waals surface area contributed by atoms with E-state index in [1.54, 1.807) is 18.2 Å². The molecule has 7 rings (SSSR count). The zero-order chi connectivity index (χ0) is 27.2. The number of nitrogen functional groups attached to an aromatic ring is 2. The molecule has 0 amide bonds. The van der Waals surface area contributed by atoms with Crippen LogP contribution in [0, 0.1) is 46.3 Å². The molecule has 6 aliphatic rings. The van der Waals surface area contributed by atoms with Gasteiger partial charge in [0.2, 0.25) is 0 Å². The van der Waals surface area contributed by atoms with E-state index < -0.39 is 0 Å². The van der Waals surface area contributed by atoms with Gasteiger partial charge >= 0.3 is 5.97 Å². The average molecular weight is 537 g/mol. The molecule has 6 fully saturated rings. The van der Waals surface area contributed by atoms with E-state index in [1.165, 1.54) is 38.5 Å². The Bertz CT molecular complexity index is 1110. The lowest BCUT2D eigenvalue weighted by molar-refractivity contribution is -0.256. The monoisotopic (exact) mass is 536 g/mol. The van der Waals surface area contributed by atoms with Crippen molar-refractivity contribution < 1.29 is 19.0 Å². The van der Waals surface area contributed by atoms with Crippen LogP contribution in [0.25, 0.3) is 0 Å². The summed E-state index contributed by atoms with van der Waals surface area (Å²) in [6, 6.07) is 5.00. The van der Waals surface area contributed by atoms with Crippen LogP contribution in [0.4, 0.5) is 11.4 Å². The van der Waals surface area contributed by atoms with E-state index in [1.807, 2.05) is 0 Å². The number of fused-ring (bicyclic) bond motifs is 7. The Kier molecular flexibility index (Phi) is 6.10. The number of benzene rings is 1. The van der Waals surface area contributed by atoms with Crippen LogP contribution in [-0.4, -0.2) is 30.6 Å². The highest BCUT2D eigenvalue weighted by molar-refractivity contribution is 5.91. The third kappa shape index (κ3) is 4.14. The number of esters is 1. The molecule has 6 heteroatoms. The molecule has 4 saturated carbocycles. The first-order valence-electron chi connectivity index (χ1n) is 15.8. The molecule has 1 aromatic rings. The summed E-state index contributed by atoms with van der Waals surface area (Å²) in [7, 11) is 0. The van der Waals surface area contributed by atoms with Gasteiger partial charge in [-0.3, -0.25) is 0 Å². The van der Waals surface area contributed by atoms with Crippen molar-refractivity contribution in [1.82, 2.24) is 0 Å². The van der Waals surface area contributed by atoms with Crippen molar-refractivity contribution in [3.63, 3.8) is 0 Å². The van der Waals surface area contributed by atoms with Crippen molar-refractivity contribution in [2.45, 2.75) is 109 Å². The molecule has 1 aromatic carbocycles. The van der Waals surface area contributed by atoms with Crippen LogP contribution in [0.5, 0.6) is 0 Å². The van der Waals surface area contributed by atoms with E-state index in [4.69, 9.17) is 25.7 Å². The number of nitrogens with two attached hydrogens (primary N) is 2. The van der Waals surface area contributed by atoms with Crippen LogP contribution in [0.15, 0.2) is 18.2 Å². The Hall–Kier alpha value is -1.79. The fourth-order valence-corrected chi connectivity index (χ4v) is 10.8. The molecule has 214 valence electrons. The van der Waals surface area contributed by atoms with Crippen molar-refractivity contribution in [1.29, 1.82) is 0 Å². The van der Waals surface area contributed by atoms with Crippen molar-refractivity contribution >= 4 is 17.3 Å². The van der Waals surface area contributed by atoms with Gasteiger partial charge < -0.3 is 25.7 Å². The minimum absolute atomic E-state index is 0.0164. The fourth-order valence-electron chi connectivity index (χ4n) is 10.8. The van der Waals surface area contributed by atoms with Gasteiger partial charge in [0, 0.05) is 24.2 Å². The van der Waals surface area contributed by atoms with Gasteiger partial charge in [-0.15, -0.1) is 0 Å². The summed E-state index contributed by atoms with van der Waals surface area (Å²) in [5.74, 6) is 3.70. The van der Waals surface area contributed by atoms with Crippen LogP contribution in [0.2, 0.25) is 0 Å². The molecule has 0 aromatic heterocycles. The van der Waals surface area contributed by atoms with E-state index in [0.29, 0.717) is 51.6 Å². The summed E-state index contributed by atoms with van der Waals surface area (Å²) < 4.78 is 19.3. The zero-order valence-electron chi connectivity index (χ0n) is 24.1. The maximum atomic E-state index is 12.9. The lowest BCUT2D eigenvalue weighted by atomic mass is 9.44. The Balaban J connectivity index is 1.02. The molecule has 2 saturated heterocycles. The molecule has 0 bridgehead atoms. The summed E-state index contributed by atoms with van der Waals surface area (Å²) in [6.45, 7) is 8.34. The van der Waals surface area contributed by atoms with Gasteiger partial charge in [-0.1, -0.05) is 20.8 Å². The van der Waals surface area contributed by atoms with Crippen LogP contribution in [-0.2, 0) is 14.2 Å². The minimum Gasteiger partial charge on any atom is -0.459 e. The maximum Gasteiger partial charge on any atom is 0.338 e.